The van der Waals surface area contributed by atoms with E-state index in [0.717, 1.165) is 13.0 Å². The Kier molecular flexibility index (Phi) is 5.14. The molecule has 0 bridgehead atoms. The number of rotatable bonds is 5. The molecule has 0 aromatic heterocycles. The maximum atomic E-state index is 12.8. The molecule has 0 saturated carbocycles. The van der Waals surface area contributed by atoms with Crippen molar-refractivity contribution < 1.29 is 19.0 Å². The third-order valence-corrected chi connectivity index (χ3v) is 3.71. The molecule has 1 aromatic carbocycles. The van der Waals surface area contributed by atoms with Gasteiger partial charge in [-0.15, -0.1) is 0 Å². The van der Waals surface area contributed by atoms with Gasteiger partial charge in [0.05, 0.1) is 12.1 Å². The topological polar surface area (TPSA) is 75.8 Å². The Hall–Kier alpha value is -1.66. The Balaban J connectivity index is 1.87. The van der Waals surface area contributed by atoms with Gasteiger partial charge in [0.15, 0.2) is 0 Å². The summed E-state index contributed by atoms with van der Waals surface area (Å²) in [6.45, 7) is 1.71. The Bertz CT molecular complexity index is 480. The molecule has 1 atom stereocenters. The maximum absolute atomic E-state index is 12.8. The molecule has 21 heavy (non-hydrogen) atoms. The minimum atomic E-state index is -0.930. The van der Waals surface area contributed by atoms with Gasteiger partial charge >= 0.3 is 0 Å². The molecule has 2 rings (SSSR count). The van der Waals surface area contributed by atoms with E-state index in [1.54, 1.807) is 0 Å². The first-order valence-corrected chi connectivity index (χ1v) is 7.08. The first kappa shape index (κ1) is 15.7. The van der Waals surface area contributed by atoms with Gasteiger partial charge in [-0.3, -0.25) is 9.69 Å². The fourth-order valence-corrected chi connectivity index (χ4v) is 2.51. The normalized spacial score (nSPS) is 23.5. The number of hydrogen-bond donors (Lipinski definition) is 2. The summed E-state index contributed by atoms with van der Waals surface area (Å²) in [6, 6.07) is 5.71. The maximum Gasteiger partial charge on any atom is 0.231 e. The summed E-state index contributed by atoms with van der Waals surface area (Å²) in [6.07, 6.45) is 1.89. The Labute approximate surface area is 123 Å². The van der Waals surface area contributed by atoms with Crippen molar-refractivity contribution in [1.29, 1.82) is 0 Å². The number of amides is 1. The second kappa shape index (κ2) is 6.87. The van der Waals surface area contributed by atoms with Crippen molar-refractivity contribution in [3.05, 3.63) is 30.1 Å². The van der Waals surface area contributed by atoms with Gasteiger partial charge in [0.2, 0.25) is 5.91 Å². The fraction of sp³-hybridized carbons (Fsp3) is 0.533. The van der Waals surface area contributed by atoms with E-state index in [2.05, 4.69) is 0 Å². The lowest BCUT2D eigenvalue weighted by atomic mass is 9.96. The van der Waals surface area contributed by atoms with Crippen LogP contribution < -0.4 is 10.5 Å². The van der Waals surface area contributed by atoms with E-state index in [-0.39, 0.29) is 24.9 Å². The van der Waals surface area contributed by atoms with Gasteiger partial charge in [0, 0.05) is 6.54 Å². The first-order chi connectivity index (χ1) is 9.97. The average molecular weight is 296 g/mol. The van der Waals surface area contributed by atoms with Gasteiger partial charge < -0.3 is 15.6 Å². The SMILES string of the molecule is NC(=O)CN1CCC[C@@](O)(COc2ccc(F)cc2)CC1. The molecule has 6 heteroatoms. The lowest BCUT2D eigenvalue weighted by Crippen LogP contribution is -2.38. The quantitative estimate of drug-likeness (QED) is 0.847. The van der Waals surface area contributed by atoms with E-state index in [1.165, 1.54) is 24.3 Å². The highest BCUT2D eigenvalue weighted by molar-refractivity contribution is 5.75. The zero-order valence-corrected chi connectivity index (χ0v) is 11.9. The van der Waals surface area contributed by atoms with Gasteiger partial charge in [-0.25, -0.2) is 4.39 Å². The molecule has 5 nitrogen and oxygen atoms in total. The van der Waals surface area contributed by atoms with Crippen molar-refractivity contribution in [2.45, 2.75) is 24.9 Å². The van der Waals surface area contributed by atoms with Crippen molar-refractivity contribution >= 4 is 5.91 Å². The van der Waals surface area contributed by atoms with Gasteiger partial charge in [-0.05, 0) is 50.1 Å². The summed E-state index contributed by atoms with van der Waals surface area (Å²) >= 11 is 0. The second-order valence-corrected chi connectivity index (χ2v) is 5.56. The van der Waals surface area contributed by atoms with Crippen molar-refractivity contribution in [2.24, 2.45) is 5.73 Å². The van der Waals surface area contributed by atoms with Crippen LogP contribution >= 0.6 is 0 Å². The molecule has 1 heterocycles. The number of hydrogen-bond acceptors (Lipinski definition) is 4. The van der Waals surface area contributed by atoms with Crippen LogP contribution in [0.15, 0.2) is 24.3 Å². The van der Waals surface area contributed by atoms with Gasteiger partial charge in [0.25, 0.3) is 0 Å². The zero-order valence-electron chi connectivity index (χ0n) is 11.9. The second-order valence-electron chi connectivity index (χ2n) is 5.56. The number of carbonyl (C=O) groups excluding carboxylic acids is 1. The van der Waals surface area contributed by atoms with Crippen LogP contribution in [-0.4, -0.2) is 47.8 Å². The van der Waals surface area contributed by atoms with E-state index in [1.807, 2.05) is 4.90 Å². The number of benzene rings is 1. The number of aliphatic hydroxyl groups is 1. The predicted molar refractivity (Wildman–Crippen MR) is 76.3 cm³/mol. The van der Waals surface area contributed by atoms with E-state index >= 15 is 0 Å². The smallest absolute Gasteiger partial charge is 0.231 e. The monoisotopic (exact) mass is 296 g/mol. The molecular formula is C15H21FN2O3. The first-order valence-electron chi connectivity index (χ1n) is 7.08. The van der Waals surface area contributed by atoms with Crippen LogP contribution in [0.25, 0.3) is 0 Å². The number of primary amides is 1. The summed E-state index contributed by atoms with van der Waals surface area (Å²) in [7, 11) is 0. The van der Waals surface area contributed by atoms with Crippen LogP contribution in [0.3, 0.4) is 0 Å². The molecule has 1 amide bonds. The Morgan fingerprint density at radius 1 is 1.33 bits per heavy atom. The van der Waals surface area contributed by atoms with Crippen LogP contribution in [-0.2, 0) is 4.79 Å². The number of likely N-dealkylation sites (tertiary alicyclic amines) is 1. The molecule has 0 spiro atoms. The van der Waals surface area contributed by atoms with Crippen LogP contribution in [0.2, 0.25) is 0 Å². The van der Waals surface area contributed by atoms with Crippen LogP contribution in [0.5, 0.6) is 5.75 Å². The standard InChI is InChI=1S/C15H21FN2O3/c16-12-2-4-13(5-3-12)21-11-15(20)6-1-8-18(9-7-15)10-14(17)19/h2-5,20H,1,6-11H2,(H2,17,19)/t15-/m0/s1. The molecular weight excluding hydrogens is 275 g/mol. The molecule has 1 aliphatic heterocycles. The molecule has 116 valence electrons. The molecule has 0 radical (unpaired) electrons. The molecule has 3 N–H and O–H groups in total. The number of halogens is 1. The molecule has 0 unspecified atom stereocenters. The number of nitrogens with two attached hydrogens (primary N) is 1. The highest BCUT2D eigenvalue weighted by Gasteiger charge is 2.31. The van der Waals surface area contributed by atoms with Gasteiger partial charge in [0.1, 0.15) is 18.2 Å². The van der Waals surface area contributed by atoms with Crippen molar-refractivity contribution in [2.75, 3.05) is 26.2 Å². The summed E-state index contributed by atoms with van der Waals surface area (Å²) < 4.78 is 18.4. The van der Waals surface area contributed by atoms with E-state index < -0.39 is 5.60 Å². The highest BCUT2D eigenvalue weighted by Crippen LogP contribution is 2.24. The molecule has 0 aliphatic carbocycles. The third-order valence-electron chi connectivity index (χ3n) is 3.71. The largest absolute Gasteiger partial charge is 0.491 e. The number of carbonyl (C=O) groups is 1. The number of nitrogens with zero attached hydrogens (tertiary/aromatic N) is 1. The van der Waals surface area contributed by atoms with Gasteiger partial charge in [-0.1, -0.05) is 0 Å². The molecule has 1 aliphatic rings. The average Bonchev–Trinajstić information content (AvgIpc) is 2.61. The van der Waals surface area contributed by atoms with Crippen molar-refractivity contribution in [1.82, 2.24) is 4.90 Å². The minimum absolute atomic E-state index is 0.156. The third kappa shape index (κ3) is 4.99. The van der Waals surface area contributed by atoms with E-state index in [4.69, 9.17) is 10.5 Å². The lowest BCUT2D eigenvalue weighted by Gasteiger charge is -2.26. The van der Waals surface area contributed by atoms with Crippen LogP contribution in [0.1, 0.15) is 19.3 Å². The van der Waals surface area contributed by atoms with E-state index in [0.29, 0.717) is 25.1 Å². The van der Waals surface area contributed by atoms with Gasteiger partial charge in [-0.2, -0.15) is 0 Å². The van der Waals surface area contributed by atoms with Crippen molar-refractivity contribution in [3.63, 3.8) is 0 Å². The summed E-state index contributed by atoms with van der Waals surface area (Å²) in [5.41, 5.74) is 4.26. The lowest BCUT2D eigenvalue weighted by molar-refractivity contribution is -0.119. The summed E-state index contributed by atoms with van der Waals surface area (Å²) in [5.74, 6) is -0.149. The Morgan fingerprint density at radius 3 is 2.71 bits per heavy atom. The molecule has 1 aromatic rings. The fourth-order valence-electron chi connectivity index (χ4n) is 2.51. The number of ether oxygens (including phenoxy) is 1. The Morgan fingerprint density at radius 2 is 2.05 bits per heavy atom. The molecule has 1 saturated heterocycles. The summed E-state index contributed by atoms with van der Waals surface area (Å²) in [5, 5.41) is 10.6. The van der Waals surface area contributed by atoms with Crippen LogP contribution in [0, 0.1) is 5.82 Å². The zero-order chi connectivity index (χ0) is 15.3. The van der Waals surface area contributed by atoms with Crippen LogP contribution in [0.4, 0.5) is 4.39 Å². The molecule has 1 fully saturated rings. The minimum Gasteiger partial charge on any atom is -0.491 e. The summed E-state index contributed by atoms with van der Waals surface area (Å²) in [4.78, 5) is 12.9. The predicted octanol–water partition coefficient (Wildman–Crippen LogP) is 0.907. The highest BCUT2D eigenvalue weighted by atomic mass is 19.1. The van der Waals surface area contributed by atoms with E-state index in [9.17, 15) is 14.3 Å². The van der Waals surface area contributed by atoms with Crippen molar-refractivity contribution in [3.8, 4) is 5.75 Å².